The maximum atomic E-state index is 10.6. The fourth-order valence-corrected chi connectivity index (χ4v) is 1.78. The van der Waals surface area contributed by atoms with Gasteiger partial charge in [-0.2, -0.15) is 0 Å². The summed E-state index contributed by atoms with van der Waals surface area (Å²) in [6, 6.07) is 0. The molecule has 1 rings (SSSR count). The number of nitrogens with one attached hydrogen (secondary N) is 1. The smallest absolute Gasteiger partial charge is 0.355 e. The zero-order valence-corrected chi connectivity index (χ0v) is 10.0. The van der Waals surface area contributed by atoms with Gasteiger partial charge in [-0.1, -0.05) is 6.92 Å². The van der Waals surface area contributed by atoms with Crippen LogP contribution in [0.4, 0.5) is 5.13 Å². The third-order valence-corrected chi connectivity index (χ3v) is 2.61. The van der Waals surface area contributed by atoms with Crippen LogP contribution in [0.15, 0.2) is 5.38 Å². The van der Waals surface area contributed by atoms with E-state index in [0.29, 0.717) is 5.13 Å². The molecule has 0 saturated heterocycles. The number of hydrogen-bond donors (Lipinski definition) is 2. The van der Waals surface area contributed by atoms with Gasteiger partial charge in [0.15, 0.2) is 10.8 Å². The number of carboxylic acid groups (broad SMARTS) is 1. The average Bonchev–Trinajstić information content (AvgIpc) is 2.72. The van der Waals surface area contributed by atoms with E-state index in [1.54, 1.807) is 0 Å². The van der Waals surface area contributed by atoms with Gasteiger partial charge in [-0.05, 0) is 12.8 Å². The zero-order valence-electron chi connectivity index (χ0n) is 9.23. The second kappa shape index (κ2) is 7.19. The number of hydrogen-bond acceptors (Lipinski definition) is 5. The molecule has 5 nitrogen and oxygen atoms in total. The predicted octanol–water partition coefficient (Wildman–Crippen LogP) is 2.07. The molecule has 0 aliphatic carbocycles. The van der Waals surface area contributed by atoms with Crippen molar-refractivity contribution < 1.29 is 14.6 Å². The summed E-state index contributed by atoms with van der Waals surface area (Å²) >= 11 is 1.30. The van der Waals surface area contributed by atoms with Crippen LogP contribution in [0.2, 0.25) is 0 Å². The Morgan fingerprint density at radius 2 is 2.44 bits per heavy atom. The number of aromatic nitrogens is 1. The Morgan fingerprint density at radius 1 is 1.62 bits per heavy atom. The maximum absolute atomic E-state index is 10.6. The molecular weight excluding hydrogens is 228 g/mol. The van der Waals surface area contributed by atoms with Crippen molar-refractivity contribution in [1.29, 1.82) is 0 Å². The number of nitrogens with zero attached hydrogens (tertiary/aromatic N) is 1. The van der Waals surface area contributed by atoms with Crippen LogP contribution in [0.25, 0.3) is 0 Å². The summed E-state index contributed by atoms with van der Waals surface area (Å²) in [6.07, 6.45) is 1.92. The van der Waals surface area contributed by atoms with Crippen LogP contribution in [0.3, 0.4) is 0 Å². The maximum Gasteiger partial charge on any atom is 0.355 e. The van der Waals surface area contributed by atoms with Gasteiger partial charge >= 0.3 is 5.97 Å². The third kappa shape index (κ3) is 4.59. The van der Waals surface area contributed by atoms with Crippen LogP contribution in [-0.2, 0) is 4.74 Å². The topological polar surface area (TPSA) is 71.5 Å². The van der Waals surface area contributed by atoms with E-state index in [1.807, 2.05) is 0 Å². The van der Waals surface area contributed by atoms with Crippen LogP contribution >= 0.6 is 11.3 Å². The molecule has 2 N–H and O–H groups in total. The second-order valence-electron chi connectivity index (χ2n) is 3.24. The lowest BCUT2D eigenvalue weighted by molar-refractivity contribution is 0.0691. The van der Waals surface area contributed by atoms with Crippen LogP contribution in [0.5, 0.6) is 0 Å². The highest BCUT2D eigenvalue weighted by Gasteiger charge is 2.07. The van der Waals surface area contributed by atoms with Crippen molar-refractivity contribution in [3.05, 3.63) is 11.1 Å². The monoisotopic (exact) mass is 244 g/mol. The molecule has 0 saturated carbocycles. The largest absolute Gasteiger partial charge is 0.476 e. The summed E-state index contributed by atoms with van der Waals surface area (Å²) in [6.45, 7) is 4.33. The van der Waals surface area contributed by atoms with Crippen LogP contribution in [-0.4, -0.2) is 35.8 Å². The highest BCUT2D eigenvalue weighted by molar-refractivity contribution is 7.13. The van der Waals surface area contributed by atoms with E-state index < -0.39 is 5.97 Å². The first kappa shape index (κ1) is 12.9. The summed E-state index contributed by atoms with van der Waals surface area (Å²) in [5.41, 5.74) is 0.0923. The van der Waals surface area contributed by atoms with Gasteiger partial charge in [0, 0.05) is 25.1 Å². The van der Waals surface area contributed by atoms with Gasteiger partial charge in [0.05, 0.1) is 0 Å². The molecule has 90 valence electrons. The fraction of sp³-hybridized carbons (Fsp3) is 0.600. The molecule has 0 atom stereocenters. The first-order chi connectivity index (χ1) is 7.74. The SMILES string of the molecule is CCCOCCCNc1nc(C(=O)O)cs1. The average molecular weight is 244 g/mol. The van der Waals surface area contributed by atoms with Crippen molar-refractivity contribution >= 4 is 22.4 Å². The van der Waals surface area contributed by atoms with Gasteiger partial charge in [0.25, 0.3) is 0 Å². The molecule has 1 aromatic rings. The van der Waals surface area contributed by atoms with E-state index in [4.69, 9.17) is 9.84 Å². The molecule has 0 aromatic carbocycles. The molecule has 6 heteroatoms. The molecule has 0 bridgehead atoms. The standard InChI is InChI=1S/C10H16N2O3S/c1-2-5-15-6-3-4-11-10-12-8(7-16-10)9(13)14/h7H,2-6H2,1H3,(H,11,12)(H,13,14). The van der Waals surface area contributed by atoms with Crippen molar-refractivity contribution in [3.63, 3.8) is 0 Å². The van der Waals surface area contributed by atoms with Gasteiger partial charge in [0.1, 0.15) is 0 Å². The van der Waals surface area contributed by atoms with Crippen molar-refractivity contribution in [2.75, 3.05) is 25.1 Å². The zero-order chi connectivity index (χ0) is 11.8. The second-order valence-corrected chi connectivity index (χ2v) is 4.09. The van der Waals surface area contributed by atoms with Gasteiger partial charge in [-0.15, -0.1) is 11.3 Å². The number of ether oxygens (including phenoxy) is 1. The Morgan fingerprint density at radius 3 is 3.06 bits per heavy atom. The Bertz CT molecular complexity index is 328. The van der Waals surface area contributed by atoms with Gasteiger partial charge in [0.2, 0.25) is 0 Å². The molecule has 0 unspecified atom stereocenters. The highest BCUT2D eigenvalue weighted by atomic mass is 32.1. The minimum atomic E-state index is -0.990. The highest BCUT2D eigenvalue weighted by Crippen LogP contribution is 2.14. The molecule has 0 fully saturated rings. The van der Waals surface area contributed by atoms with E-state index in [2.05, 4.69) is 17.2 Å². The van der Waals surface area contributed by atoms with Crippen molar-refractivity contribution in [1.82, 2.24) is 4.98 Å². The Kier molecular flexibility index (Phi) is 5.81. The molecule has 16 heavy (non-hydrogen) atoms. The van der Waals surface area contributed by atoms with Gasteiger partial charge in [-0.25, -0.2) is 9.78 Å². The normalized spacial score (nSPS) is 10.3. The fourth-order valence-electron chi connectivity index (χ4n) is 1.07. The molecule has 0 radical (unpaired) electrons. The number of aromatic carboxylic acids is 1. The van der Waals surface area contributed by atoms with Gasteiger partial charge in [-0.3, -0.25) is 0 Å². The minimum absolute atomic E-state index is 0.0923. The van der Waals surface area contributed by atoms with Crippen molar-refractivity contribution in [2.45, 2.75) is 19.8 Å². The van der Waals surface area contributed by atoms with E-state index in [1.165, 1.54) is 16.7 Å². The number of anilines is 1. The van der Waals surface area contributed by atoms with E-state index in [0.717, 1.165) is 32.6 Å². The first-order valence-corrected chi connectivity index (χ1v) is 6.12. The first-order valence-electron chi connectivity index (χ1n) is 5.24. The summed E-state index contributed by atoms with van der Waals surface area (Å²) in [5, 5.41) is 13.9. The van der Waals surface area contributed by atoms with E-state index in [9.17, 15) is 4.79 Å². The molecule has 0 amide bonds. The Hall–Kier alpha value is -1.14. The molecule has 0 aliphatic rings. The summed E-state index contributed by atoms with van der Waals surface area (Å²) in [4.78, 5) is 14.5. The molecule has 1 aromatic heterocycles. The Labute approximate surface area is 98.5 Å². The summed E-state index contributed by atoms with van der Waals surface area (Å²) in [7, 11) is 0. The van der Waals surface area contributed by atoms with Crippen LogP contribution < -0.4 is 5.32 Å². The number of carboxylic acids is 1. The van der Waals surface area contributed by atoms with E-state index in [-0.39, 0.29) is 5.69 Å². The lowest BCUT2D eigenvalue weighted by Crippen LogP contribution is -2.06. The number of rotatable bonds is 8. The number of thiazole rings is 1. The molecule has 0 spiro atoms. The number of carbonyl (C=O) groups is 1. The van der Waals surface area contributed by atoms with Crippen molar-refractivity contribution in [3.8, 4) is 0 Å². The molecule has 1 heterocycles. The summed E-state index contributed by atoms with van der Waals surface area (Å²) in [5.74, 6) is -0.990. The summed E-state index contributed by atoms with van der Waals surface area (Å²) < 4.78 is 5.31. The predicted molar refractivity (Wildman–Crippen MR) is 63.3 cm³/mol. The van der Waals surface area contributed by atoms with Crippen LogP contribution in [0.1, 0.15) is 30.3 Å². The lowest BCUT2D eigenvalue weighted by Gasteiger charge is -2.03. The van der Waals surface area contributed by atoms with E-state index >= 15 is 0 Å². The van der Waals surface area contributed by atoms with Crippen LogP contribution in [0, 0.1) is 0 Å². The molecule has 0 aliphatic heterocycles. The Balaban J connectivity index is 2.14. The third-order valence-electron chi connectivity index (χ3n) is 1.81. The van der Waals surface area contributed by atoms with Crippen molar-refractivity contribution in [2.24, 2.45) is 0 Å². The molecular formula is C10H16N2O3S. The van der Waals surface area contributed by atoms with Gasteiger partial charge < -0.3 is 15.2 Å². The lowest BCUT2D eigenvalue weighted by atomic mass is 10.4. The minimum Gasteiger partial charge on any atom is -0.476 e. The quantitative estimate of drug-likeness (QED) is 0.685.